The normalized spacial score (nSPS) is 11.2. The second-order valence-corrected chi connectivity index (χ2v) is 5.41. The van der Waals surface area contributed by atoms with Crippen LogP contribution >= 0.6 is 34.8 Å². The fourth-order valence-corrected chi connectivity index (χ4v) is 2.85. The highest BCUT2D eigenvalue weighted by Gasteiger charge is 2.17. The molecule has 0 saturated carbocycles. The molecule has 0 atom stereocenters. The summed E-state index contributed by atoms with van der Waals surface area (Å²) in [6.45, 7) is 0. The van der Waals surface area contributed by atoms with Crippen LogP contribution in [0.25, 0.3) is 16.7 Å². The minimum absolute atomic E-state index is 0.149. The molecule has 20 heavy (non-hydrogen) atoms. The Bertz CT molecular complexity index is 806. The number of halogens is 4. The van der Waals surface area contributed by atoms with Gasteiger partial charge in [0.15, 0.2) is 0 Å². The highest BCUT2D eigenvalue weighted by molar-refractivity contribution is 6.38. The van der Waals surface area contributed by atoms with Gasteiger partial charge in [-0.15, -0.1) is 0 Å². The van der Waals surface area contributed by atoms with Crippen molar-refractivity contribution in [1.29, 1.82) is 0 Å². The summed E-state index contributed by atoms with van der Waals surface area (Å²) >= 11 is 18.1. The molecule has 3 rings (SSSR count). The fraction of sp³-hybridized carbons (Fsp3) is 0. The standard InChI is InChI=1S/C13H7Cl3FN3/c14-6-1-2-11-10(3-6)19-13(18)20(11)12-8(15)4-7(17)5-9(12)16/h1-5H,(H2,18,19). The molecule has 0 amide bonds. The van der Waals surface area contributed by atoms with Gasteiger partial charge in [0.25, 0.3) is 0 Å². The average molecular weight is 331 g/mol. The first-order valence-electron chi connectivity index (χ1n) is 5.56. The van der Waals surface area contributed by atoms with Gasteiger partial charge in [-0.2, -0.15) is 0 Å². The van der Waals surface area contributed by atoms with E-state index in [-0.39, 0.29) is 16.0 Å². The van der Waals surface area contributed by atoms with Crippen LogP contribution in [0, 0.1) is 5.82 Å². The van der Waals surface area contributed by atoms with Crippen LogP contribution in [0.5, 0.6) is 0 Å². The third-order valence-electron chi connectivity index (χ3n) is 2.85. The lowest BCUT2D eigenvalue weighted by molar-refractivity contribution is 0.627. The number of nitrogens with zero attached hydrogens (tertiary/aromatic N) is 2. The van der Waals surface area contributed by atoms with Crippen molar-refractivity contribution in [1.82, 2.24) is 9.55 Å². The minimum Gasteiger partial charge on any atom is -0.369 e. The van der Waals surface area contributed by atoms with Gasteiger partial charge in [0.05, 0.1) is 26.8 Å². The van der Waals surface area contributed by atoms with Crippen molar-refractivity contribution >= 4 is 51.8 Å². The van der Waals surface area contributed by atoms with E-state index in [1.54, 1.807) is 22.8 Å². The smallest absolute Gasteiger partial charge is 0.206 e. The maximum absolute atomic E-state index is 13.3. The van der Waals surface area contributed by atoms with E-state index in [2.05, 4.69) is 4.98 Å². The van der Waals surface area contributed by atoms with Crippen LogP contribution in [0.1, 0.15) is 0 Å². The molecule has 2 N–H and O–H groups in total. The quantitative estimate of drug-likeness (QED) is 0.702. The minimum atomic E-state index is -0.519. The Labute approximate surface area is 128 Å². The topological polar surface area (TPSA) is 43.8 Å². The molecule has 2 aromatic carbocycles. The maximum atomic E-state index is 13.3. The second kappa shape index (κ2) is 4.81. The van der Waals surface area contributed by atoms with E-state index in [9.17, 15) is 4.39 Å². The molecular formula is C13H7Cl3FN3. The molecule has 1 aromatic heterocycles. The summed E-state index contributed by atoms with van der Waals surface area (Å²) in [5.41, 5.74) is 7.58. The molecule has 0 bridgehead atoms. The van der Waals surface area contributed by atoms with Gasteiger partial charge >= 0.3 is 0 Å². The first-order valence-corrected chi connectivity index (χ1v) is 6.69. The van der Waals surface area contributed by atoms with Crippen LogP contribution in [-0.4, -0.2) is 9.55 Å². The SMILES string of the molecule is Nc1nc2cc(Cl)ccc2n1-c1c(Cl)cc(F)cc1Cl. The Morgan fingerprint density at radius 3 is 2.35 bits per heavy atom. The average Bonchev–Trinajstić information content (AvgIpc) is 2.64. The first kappa shape index (κ1) is 13.5. The molecule has 0 saturated heterocycles. The molecule has 0 unspecified atom stereocenters. The number of imidazole rings is 1. The highest BCUT2D eigenvalue weighted by atomic mass is 35.5. The largest absolute Gasteiger partial charge is 0.369 e. The first-order chi connectivity index (χ1) is 9.47. The van der Waals surface area contributed by atoms with Gasteiger partial charge in [0, 0.05) is 5.02 Å². The van der Waals surface area contributed by atoms with Crippen LogP contribution in [0.4, 0.5) is 10.3 Å². The number of benzene rings is 2. The van der Waals surface area contributed by atoms with Crippen molar-refractivity contribution < 1.29 is 4.39 Å². The molecule has 0 aliphatic rings. The zero-order chi connectivity index (χ0) is 14.4. The highest BCUT2D eigenvalue weighted by Crippen LogP contribution is 2.34. The van der Waals surface area contributed by atoms with E-state index >= 15 is 0 Å². The van der Waals surface area contributed by atoms with Crippen molar-refractivity contribution in [2.45, 2.75) is 0 Å². The number of aromatic nitrogens is 2. The van der Waals surface area contributed by atoms with Crippen LogP contribution in [-0.2, 0) is 0 Å². The number of anilines is 1. The second-order valence-electron chi connectivity index (χ2n) is 4.16. The van der Waals surface area contributed by atoms with Gasteiger partial charge in [-0.1, -0.05) is 34.8 Å². The lowest BCUT2D eigenvalue weighted by Crippen LogP contribution is -2.02. The number of fused-ring (bicyclic) bond motifs is 1. The fourth-order valence-electron chi connectivity index (χ4n) is 2.06. The predicted molar refractivity (Wildman–Crippen MR) is 80.5 cm³/mol. The van der Waals surface area contributed by atoms with E-state index in [1.165, 1.54) is 12.1 Å². The maximum Gasteiger partial charge on any atom is 0.206 e. The van der Waals surface area contributed by atoms with E-state index in [1.807, 2.05) is 0 Å². The van der Waals surface area contributed by atoms with Crippen LogP contribution in [0.3, 0.4) is 0 Å². The Morgan fingerprint density at radius 1 is 1.05 bits per heavy atom. The van der Waals surface area contributed by atoms with Crippen molar-refractivity contribution in [3.05, 3.63) is 51.2 Å². The van der Waals surface area contributed by atoms with Crippen LogP contribution in [0.2, 0.25) is 15.1 Å². The summed E-state index contributed by atoms with van der Waals surface area (Å²) < 4.78 is 14.8. The van der Waals surface area contributed by atoms with Gasteiger partial charge in [-0.3, -0.25) is 4.57 Å². The summed E-state index contributed by atoms with van der Waals surface area (Å²) in [6.07, 6.45) is 0. The van der Waals surface area contributed by atoms with Crippen LogP contribution < -0.4 is 5.73 Å². The van der Waals surface area contributed by atoms with Gasteiger partial charge in [-0.25, -0.2) is 9.37 Å². The van der Waals surface area contributed by atoms with E-state index in [0.29, 0.717) is 21.7 Å². The predicted octanol–water partition coefficient (Wildman–Crippen LogP) is 4.71. The number of rotatable bonds is 1. The molecule has 0 aliphatic heterocycles. The molecule has 3 nitrogen and oxygen atoms in total. The third kappa shape index (κ3) is 2.10. The lowest BCUT2D eigenvalue weighted by atomic mass is 10.2. The molecule has 7 heteroatoms. The molecule has 102 valence electrons. The summed E-state index contributed by atoms with van der Waals surface area (Å²) in [5, 5.41) is 0.838. The lowest BCUT2D eigenvalue weighted by Gasteiger charge is -2.11. The van der Waals surface area contributed by atoms with Gasteiger partial charge in [-0.05, 0) is 30.3 Å². The molecule has 3 aromatic rings. The van der Waals surface area contributed by atoms with Gasteiger partial charge < -0.3 is 5.73 Å². The molecule has 0 radical (unpaired) electrons. The van der Waals surface area contributed by atoms with Crippen LogP contribution in [0.15, 0.2) is 30.3 Å². The number of hydrogen-bond donors (Lipinski definition) is 1. The number of hydrogen-bond acceptors (Lipinski definition) is 2. The third-order valence-corrected chi connectivity index (χ3v) is 3.66. The van der Waals surface area contributed by atoms with Crippen molar-refractivity contribution in [3.8, 4) is 5.69 Å². The molecule has 0 fully saturated rings. The van der Waals surface area contributed by atoms with Gasteiger partial charge in [0.1, 0.15) is 5.82 Å². The van der Waals surface area contributed by atoms with E-state index in [4.69, 9.17) is 40.5 Å². The molecular weight excluding hydrogens is 324 g/mol. The summed E-state index contributed by atoms with van der Waals surface area (Å²) in [5.74, 6) is -0.326. The number of nitrogens with two attached hydrogens (primary N) is 1. The van der Waals surface area contributed by atoms with Crippen molar-refractivity contribution in [3.63, 3.8) is 0 Å². The Hall–Kier alpha value is -1.49. The van der Waals surface area contributed by atoms with E-state index < -0.39 is 5.82 Å². The summed E-state index contributed by atoms with van der Waals surface area (Å²) in [6, 6.07) is 7.47. The Balaban J connectivity index is 2.38. The summed E-state index contributed by atoms with van der Waals surface area (Å²) in [7, 11) is 0. The molecule has 1 heterocycles. The summed E-state index contributed by atoms with van der Waals surface area (Å²) in [4.78, 5) is 4.20. The zero-order valence-corrected chi connectivity index (χ0v) is 12.1. The van der Waals surface area contributed by atoms with Gasteiger partial charge in [0.2, 0.25) is 5.95 Å². The van der Waals surface area contributed by atoms with Crippen molar-refractivity contribution in [2.24, 2.45) is 0 Å². The molecule has 0 aliphatic carbocycles. The Kier molecular flexibility index (Phi) is 3.24. The van der Waals surface area contributed by atoms with E-state index in [0.717, 1.165) is 0 Å². The van der Waals surface area contributed by atoms with Crippen molar-refractivity contribution in [2.75, 3.05) is 5.73 Å². The zero-order valence-electron chi connectivity index (χ0n) is 9.87. The molecule has 0 spiro atoms. The monoisotopic (exact) mass is 329 g/mol. The number of nitrogen functional groups attached to an aromatic ring is 1. The Morgan fingerprint density at radius 2 is 1.70 bits per heavy atom.